The summed E-state index contributed by atoms with van der Waals surface area (Å²) in [7, 11) is 1.63. The summed E-state index contributed by atoms with van der Waals surface area (Å²) in [6.45, 7) is 9.98. The van der Waals surface area contributed by atoms with Crippen molar-refractivity contribution in [1.29, 1.82) is 0 Å². The number of nitrogens with zero attached hydrogens (tertiary/aromatic N) is 2. The van der Waals surface area contributed by atoms with Crippen LogP contribution in [0.1, 0.15) is 53.0 Å². The highest BCUT2D eigenvalue weighted by Crippen LogP contribution is 2.15. The third kappa shape index (κ3) is 10.2. The van der Waals surface area contributed by atoms with Crippen molar-refractivity contribution in [3.8, 4) is 0 Å². The first-order valence-electron chi connectivity index (χ1n) is 10.6. The van der Waals surface area contributed by atoms with Gasteiger partial charge in [-0.05, 0) is 45.1 Å². The van der Waals surface area contributed by atoms with Gasteiger partial charge in [0.1, 0.15) is 18.2 Å². The second kappa shape index (κ2) is 12.2. The minimum absolute atomic E-state index is 0.0984. The van der Waals surface area contributed by atoms with E-state index in [4.69, 9.17) is 15.2 Å². The Morgan fingerprint density at radius 3 is 2.16 bits per heavy atom. The van der Waals surface area contributed by atoms with Gasteiger partial charge in [0.2, 0.25) is 5.91 Å². The molecule has 1 atom stereocenters. The van der Waals surface area contributed by atoms with Crippen molar-refractivity contribution in [2.45, 2.75) is 65.7 Å². The summed E-state index contributed by atoms with van der Waals surface area (Å²) in [5.74, 6) is -0.419. The minimum atomic E-state index is -0.782. The molecule has 1 aromatic carbocycles. The van der Waals surface area contributed by atoms with Crippen molar-refractivity contribution < 1.29 is 23.9 Å². The van der Waals surface area contributed by atoms with E-state index in [0.717, 1.165) is 5.56 Å². The van der Waals surface area contributed by atoms with Crippen molar-refractivity contribution in [2.75, 3.05) is 20.1 Å². The van der Waals surface area contributed by atoms with E-state index < -0.39 is 29.7 Å². The van der Waals surface area contributed by atoms with Gasteiger partial charge >= 0.3 is 12.2 Å². The summed E-state index contributed by atoms with van der Waals surface area (Å²) in [4.78, 5) is 39.9. The Hall–Kier alpha value is -2.77. The summed E-state index contributed by atoms with van der Waals surface area (Å²) < 4.78 is 10.8. The van der Waals surface area contributed by atoms with Crippen molar-refractivity contribution >= 4 is 18.1 Å². The van der Waals surface area contributed by atoms with Crippen molar-refractivity contribution in [3.63, 3.8) is 0 Å². The summed E-state index contributed by atoms with van der Waals surface area (Å²) in [6.07, 6.45) is -0.178. The van der Waals surface area contributed by atoms with Crippen LogP contribution in [0.25, 0.3) is 0 Å². The molecule has 0 radical (unpaired) electrons. The van der Waals surface area contributed by atoms with E-state index in [9.17, 15) is 14.4 Å². The van der Waals surface area contributed by atoms with Crippen LogP contribution in [0.3, 0.4) is 0 Å². The topological polar surface area (TPSA) is 102 Å². The van der Waals surface area contributed by atoms with Gasteiger partial charge in [0.05, 0.1) is 0 Å². The largest absolute Gasteiger partial charge is 0.445 e. The third-order valence-corrected chi connectivity index (χ3v) is 4.44. The number of ether oxygens (including phenoxy) is 2. The normalized spacial score (nSPS) is 12.2. The lowest BCUT2D eigenvalue weighted by molar-refractivity contribution is -0.123. The molecule has 2 N–H and O–H groups in total. The van der Waals surface area contributed by atoms with E-state index in [2.05, 4.69) is 0 Å². The van der Waals surface area contributed by atoms with Crippen LogP contribution < -0.4 is 5.73 Å². The summed E-state index contributed by atoms with van der Waals surface area (Å²) in [6, 6.07) is 8.52. The van der Waals surface area contributed by atoms with Crippen LogP contribution in [0.15, 0.2) is 30.3 Å². The van der Waals surface area contributed by atoms with E-state index in [-0.39, 0.29) is 19.1 Å². The SMILES string of the molecule is CC(C)C[C@@H](C(N)=O)N(CCCN(C)C(=O)OC(C)(C)C)C(=O)OCc1ccccc1. The number of benzene rings is 1. The molecule has 0 unspecified atom stereocenters. The molecule has 0 saturated heterocycles. The van der Waals surface area contributed by atoms with Crippen LogP contribution in [-0.4, -0.2) is 59.7 Å². The van der Waals surface area contributed by atoms with E-state index in [1.165, 1.54) is 9.80 Å². The first kappa shape index (κ1) is 26.3. The van der Waals surface area contributed by atoms with Crippen LogP contribution in [-0.2, 0) is 20.9 Å². The lowest BCUT2D eigenvalue weighted by atomic mass is 10.0. The average Bonchev–Trinajstić information content (AvgIpc) is 2.67. The van der Waals surface area contributed by atoms with E-state index >= 15 is 0 Å². The minimum Gasteiger partial charge on any atom is -0.445 e. The number of rotatable bonds is 10. The lowest BCUT2D eigenvalue weighted by Crippen LogP contribution is -2.49. The Bertz CT molecular complexity index is 716. The van der Waals surface area contributed by atoms with Gasteiger partial charge in [-0.1, -0.05) is 44.2 Å². The molecule has 0 aliphatic carbocycles. The number of hydrogen-bond donors (Lipinski definition) is 1. The van der Waals surface area contributed by atoms with Crippen LogP contribution >= 0.6 is 0 Å². The van der Waals surface area contributed by atoms with Gasteiger partial charge < -0.3 is 20.1 Å². The van der Waals surface area contributed by atoms with Crippen molar-refractivity contribution in [1.82, 2.24) is 9.80 Å². The molecule has 1 aromatic rings. The third-order valence-electron chi connectivity index (χ3n) is 4.44. The number of amides is 3. The quantitative estimate of drug-likeness (QED) is 0.602. The molecule has 0 aromatic heterocycles. The Labute approximate surface area is 185 Å². The number of hydrogen-bond acceptors (Lipinski definition) is 5. The van der Waals surface area contributed by atoms with Crippen LogP contribution in [0, 0.1) is 5.92 Å². The van der Waals surface area contributed by atoms with E-state index in [1.54, 1.807) is 27.8 Å². The second-order valence-corrected chi connectivity index (χ2v) is 9.04. The van der Waals surface area contributed by atoms with Gasteiger partial charge in [-0.25, -0.2) is 9.59 Å². The second-order valence-electron chi connectivity index (χ2n) is 9.04. The van der Waals surface area contributed by atoms with Crippen molar-refractivity contribution in [3.05, 3.63) is 35.9 Å². The molecule has 3 amide bonds. The number of carbonyl (C=O) groups excluding carboxylic acids is 3. The Kier molecular flexibility index (Phi) is 10.3. The van der Waals surface area contributed by atoms with Crippen LogP contribution in [0.2, 0.25) is 0 Å². The molecule has 0 heterocycles. The molecular weight excluding hydrogens is 398 g/mol. The maximum Gasteiger partial charge on any atom is 0.410 e. The van der Waals surface area contributed by atoms with Gasteiger partial charge in [-0.3, -0.25) is 9.69 Å². The zero-order valence-electron chi connectivity index (χ0n) is 19.6. The molecule has 31 heavy (non-hydrogen) atoms. The number of primary amides is 1. The fraction of sp³-hybridized carbons (Fsp3) is 0.609. The zero-order chi connectivity index (χ0) is 23.6. The summed E-state index contributed by atoms with van der Waals surface area (Å²) >= 11 is 0. The molecule has 0 aliphatic heterocycles. The molecule has 8 heteroatoms. The summed E-state index contributed by atoms with van der Waals surface area (Å²) in [5.41, 5.74) is 5.86. The molecule has 0 bridgehead atoms. The predicted molar refractivity (Wildman–Crippen MR) is 119 cm³/mol. The first-order chi connectivity index (χ1) is 14.4. The highest BCUT2D eigenvalue weighted by atomic mass is 16.6. The molecule has 174 valence electrons. The first-order valence-corrected chi connectivity index (χ1v) is 10.6. The number of carbonyl (C=O) groups is 3. The van der Waals surface area contributed by atoms with Gasteiger partial charge in [-0.2, -0.15) is 0 Å². The highest BCUT2D eigenvalue weighted by molar-refractivity contribution is 5.84. The van der Waals surface area contributed by atoms with Crippen molar-refractivity contribution in [2.24, 2.45) is 11.7 Å². The van der Waals surface area contributed by atoms with Gasteiger partial charge in [0.25, 0.3) is 0 Å². The van der Waals surface area contributed by atoms with E-state index in [1.807, 2.05) is 44.2 Å². The fourth-order valence-corrected chi connectivity index (χ4v) is 2.93. The molecule has 0 fully saturated rings. The summed E-state index contributed by atoms with van der Waals surface area (Å²) in [5, 5.41) is 0. The Balaban J connectivity index is 2.80. The monoisotopic (exact) mass is 435 g/mol. The predicted octanol–water partition coefficient (Wildman–Crippen LogP) is 3.78. The smallest absolute Gasteiger partial charge is 0.410 e. The highest BCUT2D eigenvalue weighted by Gasteiger charge is 2.30. The molecular formula is C23H37N3O5. The number of nitrogens with two attached hydrogens (primary N) is 1. The molecule has 1 rings (SSSR count). The van der Waals surface area contributed by atoms with Gasteiger partial charge in [-0.15, -0.1) is 0 Å². The van der Waals surface area contributed by atoms with Gasteiger partial charge in [0, 0.05) is 20.1 Å². The average molecular weight is 436 g/mol. The fourth-order valence-electron chi connectivity index (χ4n) is 2.93. The van der Waals surface area contributed by atoms with Crippen LogP contribution in [0.4, 0.5) is 9.59 Å². The lowest BCUT2D eigenvalue weighted by Gasteiger charge is -2.31. The molecule has 0 saturated carbocycles. The molecule has 0 aliphatic rings. The van der Waals surface area contributed by atoms with Gasteiger partial charge in [0.15, 0.2) is 0 Å². The maximum absolute atomic E-state index is 12.8. The Morgan fingerprint density at radius 2 is 1.65 bits per heavy atom. The maximum atomic E-state index is 12.8. The molecule has 8 nitrogen and oxygen atoms in total. The van der Waals surface area contributed by atoms with Crippen LogP contribution in [0.5, 0.6) is 0 Å². The van der Waals surface area contributed by atoms with E-state index in [0.29, 0.717) is 19.4 Å². The zero-order valence-corrected chi connectivity index (χ0v) is 19.6. The Morgan fingerprint density at radius 1 is 1.03 bits per heavy atom. The molecule has 0 spiro atoms. The standard InChI is InChI=1S/C23H37N3O5/c1-17(2)15-19(20(24)27)26(22(29)30-16-18-11-8-7-9-12-18)14-10-13-25(6)21(28)31-23(3,4)5/h7-9,11-12,17,19H,10,13-16H2,1-6H3,(H2,24,27)/t19-/m0/s1.